The molecule has 0 amide bonds. The first-order valence-corrected chi connectivity index (χ1v) is 9.61. The molecule has 0 radical (unpaired) electrons. The van der Waals surface area contributed by atoms with Crippen LogP contribution in [0.1, 0.15) is 27.9 Å². The summed E-state index contributed by atoms with van der Waals surface area (Å²) in [5.74, 6) is -1.18. The van der Waals surface area contributed by atoms with Crippen LogP contribution in [0.25, 0.3) is 0 Å². The van der Waals surface area contributed by atoms with Crippen molar-refractivity contribution in [2.45, 2.75) is 19.1 Å². The maximum Gasteiger partial charge on any atom is 0.250 e. The lowest BCUT2D eigenvalue weighted by Gasteiger charge is -2.22. The predicted octanol–water partition coefficient (Wildman–Crippen LogP) is 3.74. The van der Waals surface area contributed by atoms with Crippen molar-refractivity contribution in [2.24, 2.45) is 0 Å². The highest BCUT2D eigenvalue weighted by atomic mass is 19.1. The Morgan fingerprint density at radius 1 is 1.13 bits per heavy atom. The minimum atomic E-state index is -0.504. The lowest BCUT2D eigenvalue weighted by molar-refractivity contribution is 0.103. The summed E-state index contributed by atoms with van der Waals surface area (Å²) in [6, 6.07) is 13.3. The molecule has 3 aromatic rings. The number of benzene rings is 2. The van der Waals surface area contributed by atoms with Gasteiger partial charge in [0.2, 0.25) is 0 Å². The van der Waals surface area contributed by atoms with E-state index in [1.165, 1.54) is 42.6 Å². The molecule has 30 heavy (non-hydrogen) atoms. The largest absolute Gasteiger partial charge is 0.470 e. The van der Waals surface area contributed by atoms with E-state index >= 15 is 0 Å². The molecule has 1 aromatic heterocycles. The highest BCUT2D eigenvalue weighted by Gasteiger charge is 2.27. The van der Waals surface area contributed by atoms with Gasteiger partial charge in [0.15, 0.2) is 11.6 Å². The number of carbonyl (C=O) groups is 1. The van der Waals surface area contributed by atoms with Gasteiger partial charge < -0.3 is 14.7 Å². The monoisotopic (exact) mass is 410 g/mol. The smallest absolute Gasteiger partial charge is 0.250 e. The fraction of sp³-hybridized carbons (Fsp3) is 0.217. The van der Waals surface area contributed by atoms with Gasteiger partial charge in [-0.3, -0.25) is 4.79 Å². The lowest BCUT2D eigenvalue weighted by Crippen LogP contribution is -2.26. The van der Waals surface area contributed by atoms with Gasteiger partial charge in [0.05, 0.1) is 13.2 Å². The molecule has 0 bridgehead atoms. The number of halogens is 2. The third-order valence-corrected chi connectivity index (χ3v) is 5.11. The Morgan fingerprint density at radius 2 is 1.90 bits per heavy atom. The molecule has 1 saturated heterocycles. The van der Waals surface area contributed by atoms with E-state index in [0.29, 0.717) is 36.2 Å². The van der Waals surface area contributed by atoms with Crippen molar-refractivity contribution in [3.05, 3.63) is 89.1 Å². The topological polar surface area (TPSA) is 62.7 Å². The first-order valence-electron chi connectivity index (χ1n) is 9.61. The molecule has 7 heteroatoms. The number of aliphatic hydroxyl groups is 1. The van der Waals surface area contributed by atoms with E-state index in [4.69, 9.17) is 4.74 Å². The number of pyridine rings is 1. The number of hydrogen-bond donors (Lipinski definition) is 1. The average molecular weight is 410 g/mol. The van der Waals surface area contributed by atoms with Gasteiger partial charge in [0, 0.05) is 41.5 Å². The lowest BCUT2D eigenvalue weighted by atomic mass is 10.00. The number of hydrogen-bond acceptors (Lipinski definition) is 5. The molecule has 2 heterocycles. The molecule has 0 aliphatic carbocycles. The molecule has 5 nitrogen and oxygen atoms in total. The molecule has 1 N–H and O–H groups in total. The zero-order valence-electron chi connectivity index (χ0n) is 16.1. The third-order valence-electron chi connectivity index (χ3n) is 5.11. The van der Waals surface area contributed by atoms with Crippen LogP contribution in [0.5, 0.6) is 5.88 Å². The summed E-state index contributed by atoms with van der Waals surface area (Å²) in [5, 5.41) is 9.85. The van der Waals surface area contributed by atoms with Crippen LogP contribution in [0.4, 0.5) is 14.5 Å². The van der Waals surface area contributed by atoms with Crippen LogP contribution < -0.4 is 9.64 Å². The second-order valence-corrected chi connectivity index (χ2v) is 7.10. The Morgan fingerprint density at radius 3 is 2.63 bits per heavy atom. The van der Waals surface area contributed by atoms with E-state index in [1.54, 1.807) is 18.2 Å². The maximum absolute atomic E-state index is 13.8. The van der Waals surface area contributed by atoms with Crippen molar-refractivity contribution in [1.82, 2.24) is 4.98 Å². The van der Waals surface area contributed by atoms with Crippen LogP contribution >= 0.6 is 0 Å². The Labute approximate surface area is 172 Å². The van der Waals surface area contributed by atoms with Crippen LogP contribution in [0.15, 0.2) is 60.8 Å². The minimum absolute atomic E-state index is 0.0213. The molecule has 2 aromatic carbocycles. The molecule has 154 valence electrons. The van der Waals surface area contributed by atoms with Gasteiger partial charge >= 0.3 is 0 Å². The third kappa shape index (κ3) is 4.16. The van der Waals surface area contributed by atoms with Crippen molar-refractivity contribution in [2.75, 3.05) is 18.0 Å². The fourth-order valence-electron chi connectivity index (χ4n) is 3.59. The van der Waals surface area contributed by atoms with Crippen LogP contribution in [0.3, 0.4) is 0 Å². The fourth-order valence-corrected chi connectivity index (χ4v) is 3.59. The van der Waals surface area contributed by atoms with Gasteiger partial charge in [-0.2, -0.15) is 0 Å². The normalized spacial score (nSPS) is 16.0. The Hall–Kier alpha value is -3.32. The van der Waals surface area contributed by atoms with E-state index in [0.717, 1.165) is 5.69 Å². The summed E-state index contributed by atoms with van der Waals surface area (Å²) in [5.41, 5.74) is 2.19. The molecule has 0 saturated carbocycles. The molecule has 1 fully saturated rings. The molecule has 1 atom stereocenters. The van der Waals surface area contributed by atoms with E-state index < -0.39 is 11.6 Å². The van der Waals surface area contributed by atoms with Gasteiger partial charge in [0.1, 0.15) is 11.9 Å². The minimum Gasteiger partial charge on any atom is -0.470 e. The maximum atomic E-state index is 13.8. The standard InChI is InChI=1S/C23H20F2N2O3/c24-18-6-3-15(4-7-18)22(29)16-5-8-21(17(12-16)14-28)27-11-9-19(13-27)30-23-20(25)2-1-10-26-23/h1-8,10,12,19,28H,9,11,13-14H2. The SMILES string of the molecule is O=C(c1ccc(F)cc1)c1ccc(N2CCC(Oc3ncccc3F)C2)c(CO)c1. The van der Waals surface area contributed by atoms with Gasteiger partial charge in [-0.05, 0) is 54.6 Å². The average Bonchev–Trinajstić information content (AvgIpc) is 3.23. The van der Waals surface area contributed by atoms with E-state index in [1.807, 2.05) is 4.90 Å². The van der Waals surface area contributed by atoms with Crippen LogP contribution in [0.2, 0.25) is 0 Å². The first kappa shape index (κ1) is 20.0. The van der Waals surface area contributed by atoms with Gasteiger partial charge in [-0.1, -0.05) is 0 Å². The quantitative estimate of drug-likeness (QED) is 0.628. The Kier molecular flexibility index (Phi) is 5.72. The summed E-state index contributed by atoms with van der Waals surface area (Å²) in [6.07, 6.45) is 1.92. The number of aliphatic hydroxyl groups excluding tert-OH is 1. The van der Waals surface area contributed by atoms with Gasteiger partial charge in [-0.15, -0.1) is 0 Å². The second-order valence-electron chi connectivity index (χ2n) is 7.10. The van der Waals surface area contributed by atoms with Crippen molar-refractivity contribution in [3.8, 4) is 5.88 Å². The Balaban J connectivity index is 1.50. The summed E-state index contributed by atoms with van der Waals surface area (Å²) >= 11 is 0. The second kappa shape index (κ2) is 8.59. The number of ether oxygens (including phenoxy) is 1. The molecule has 4 rings (SSSR count). The number of carbonyl (C=O) groups excluding carboxylic acids is 1. The number of aromatic nitrogens is 1. The van der Waals surface area contributed by atoms with Crippen molar-refractivity contribution in [3.63, 3.8) is 0 Å². The predicted molar refractivity (Wildman–Crippen MR) is 108 cm³/mol. The van der Waals surface area contributed by atoms with E-state index in [-0.39, 0.29) is 24.4 Å². The summed E-state index contributed by atoms with van der Waals surface area (Å²) < 4.78 is 32.6. The zero-order chi connectivity index (χ0) is 21.1. The Bertz CT molecular complexity index is 1060. The molecule has 0 spiro atoms. The summed E-state index contributed by atoms with van der Waals surface area (Å²) in [6.45, 7) is 0.933. The molecular formula is C23H20F2N2O3. The zero-order valence-corrected chi connectivity index (χ0v) is 16.1. The summed E-state index contributed by atoms with van der Waals surface area (Å²) in [4.78, 5) is 18.6. The van der Waals surface area contributed by atoms with Crippen LogP contribution in [0, 0.1) is 11.6 Å². The van der Waals surface area contributed by atoms with E-state index in [9.17, 15) is 18.7 Å². The number of ketones is 1. The van der Waals surface area contributed by atoms with Gasteiger partial charge in [0.25, 0.3) is 5.88 Å². The van der Waals surface area contributed by atoms with Crippen molar-refractivity contribution in [1.29, 1.82) is 0 Å². The first-order chi connectivity index (χ1) is 14.5. The number of anilines is 1. The van der Waals surface area contributed by atoms with E-state index in [2.05, 4.69) is 4.98 Å². The molecule has 1 aliphatic heterocycles. The summed E-state index contributed by atoms with van der Waals surface area (Å²) in [7, 11) is 0. The number of nitrogens with zero attached hydrogens (tertiary/aromatic N) is 2. The van der Waals surface area contributed by atoms with Gasteiger partial charge in [-0.25, -0.2) is 13.8 Å². The van der Waals surface area contributed by atoms with Crippen LogP contribution in [-0.2, 0) is 6.61 Å². The van der Waals surface area contributed by atoms with Crippen molar-refractivity contribution < 1.29 is 23.4 Å². The highest BCUT2D eigenvalue weighted by Crippen LogP contribution is 2.28. The molecular weight excluding hydrogens is 390 g/mol. The number of rotatable bonds is 6. The highest BCUT2D eigenvalue weighted by molar-refractivity contribution is 6.09. The van der Waals surface area contributed by atoms with Crippen LogP contribution in [-0.4, -0.2) is 35.1 Å². The molecule has 1 aliphatic rings. The van der Waals surface area contributed by atoms with Crippen molar-refractivity contribution >= 4 is 11.5 Å². The molecule has 1 unspecified atom stereocenters.